The van der Waals surface area contributed by atoms with Gasteiger partial charge in [-0.2, -0.15) is 39.5 Å². The molecule has 6 nitrogen and oxygen atoms in total. The van der Waals surface area contributed by atoms with Crippen molar-refractivity contribution in [2.24, 2.45) is 5.16 Å². The molecule has 0 saturated heterocycles. The highest BCUT2D eigenvalue weighted by Crippen LogP contribution is 2.54. The minimum atomic E-state index is -5.83. The van der Waals surface area contributed by atoms with Crippen LogP contribution < -0.4 is 14.2 Å². The van der Waals surface area contributed by atoms with Crippen LogP contribution in [0.15, 0.2) is 58.7 Å². The van der Waals surface area contributed by atoms with Crippen LogP contribution in [0.1, 0.15) is 5.56 Å². The second-order valence-electron chi connectivity index (χ2n) is 10.5. The molecule has 0 amide bonds. The van der Waals surface area contributed by atoms with E-state index in [1.165, 1.54) is 18.2 Å². The first-order chi connectivity index (χ1) is 25.7. The van der Waals surface area contributed by atoms with E-state index in [0.717, 1.165) is 12.1 Å². The van der Waals surface area contributed by atoms with E-state index in [1.807, 2.05) is 0 Å². The van der Waals surface area contributed by atoms with E-state index in [1.54, 1.807) is 0 Å². The summed E-state index contributed by atoms with van der Waals surface area (Å²) in [7, 11) is 0. The number of ether oxygens (including phenoxy) is 4. The highest BCUT2D eigenvalue weighted by atomic mass is 19.2. The van der Waals surface area contributed by atoms with E-state index in [0.29, 0.717) is 0 Å². The monoisotopic (exact) mass is 813 g/mol. The van der Waals surface area contributed by atoms with Gasteiger partial charge >= 0.3 is 11.6 Å². The van der Waals surface area contributed by atoms with Crippen LogP contribution in [0.3, 0.4) is 0 Å². The molecule has 0 bridgehead atoms. The fourth-order valence-corrected chi connectivity index (χ4v) is 4.60. The van der Waals surface area contributed by atoms with Gasteiger partial charge in [0.1, 0.15) is 0 Å². The molecule has 24 heteroatoms. The first-order valence-corrected chi connectivity index (χ1v) is 13.8. The summed E-state index contributed by atoms with van der Waals surface area (Å²) in [5.74, 6) is -79.1. The van der Waals surface area contributed by atoms with Gasteiger partial charge in [0.2, 0.25) is 128 Å². The van der Waals surface area contributed by atoms with Crippen molar-refractivity contribution < 1.29 is 103 Å². The molecule has 55 heavy (non-hydrogen) atoms. The number of hydrogen-bond acceptors (Lipinski definition) is 6. The normalized spacial score (nSPS) is 19.5. The molecule has 0 unspecified atom stereocenters. The molecule has 0 N–H and O–H groups in total. The smallest absolute Gasteiger partial charge is 0.390 e. The standard InChI is InChI=1S/C31H5F18NO5/c32-7-10(35)16(41)22(17(42)11(7)36)51-27-25(47)31(54-29(50-55-31)6-4-2-1-3-5-6)26(48)28(52-23-18(43)12(37)8(33)13(38)19(23)44)30(27,49)53-24-20(45)14(39)9(34)15(40)21(24)46/h1-5H. The number of benzene rings is 4. The third-order valence-electron chi connectivity index (χ3n) is 7.24. The number of rotatable bonds is 7. The van der Waals surface area contributed by atoms with E-state index in [2.05, 4.69) is 24.2 Å². The molecule has 0 aromatic heterocycles. The van der Waals surface area contributed by atoms with Crippen LogP contribution in [0.25, 0.3) is 0 Å². The lowest BCUT2D eigenvalue weighted by atomic mass is 9.98. The summed E-state index contributed by atoms with van der Waals surface area (Å²) in [5.41, 5.74) is -0.362. The van der Waals surface area contributed by atoms with Gasteiger partial charge in [-0.05, 0) is 17.3 Å². The molecule has 0 radical (unpaired) electrons. The van der Waals surface area contributed by atoms with Gasteiger partial charge in [0, 0.05) is 5.56 Å². The van der Waals surface area contributed by atoms with E-state index in [-0.39, 0.29) is 5.56 Å². The molecule has 1 spiro atoms. The lowest BCUT2D eigenvalue weighted by molar-refractivity contribution is -0.155. The minimum absolute atomic E-state index is 0.362. The Labute approximate surface area is 289 Å². The molecule has 6 rings (SSSR count). The summed E-state index contributed by atoms with van der Waals surface area (Å²) >= 11 is 0. The summed E-state index contributed by atoms with van der Waals surface area (Å²) in [6.45, 7) is 0. The average molecular weight is 813 g/mol. The zero-order valence-electron chi connectivity index (χ0n) is 25.2. The summed E-state index contributed by atoms with van der Waals surface area (Å²) in [5, 5.41) is 3.08. The predicted molar refractivity (Wildman–Crippen MR) is 139 cm³/mol. The number of hydrogen-bond donors (Lipinski definition) is 0. The van der Waals surface area contributed by atoms with Crippen molar-refractivity contribution in [3.8, 4) is 17.2 Å². The van der Waals surface area contributed by atoms with Crippen LogP contribution in [0.2, 0.25) is 0 Å². The van der Waals surface area contributed by atoms with E-state index < -0.39 is 145 Å². The van der Waals surface area contributed by atoms with Crippen LogP contribution in [0.5, 0.6) is 17.2 Å². The van der Waals surface area contributed by atoms with Crippen molar-refractivity contribution >= 4 is 5.90 Å². The molecule has 4 aromatic rings. The molecule has 1 aliphatic carbocycles. The Hall–Kier alpha value is -6.23. The summed E-state index contributed by atoms with van der Waals surface area (Å²) in [6, 6.07) is 5.74. The van der Waals surface area contributed by atoms with Gasteiger partial charge in [-0.25, -0.2) is 39.5 Å². The number of nitrogens with zero attached hydrogens (tertiary/aromatic N) is 1. The predicted octanol–water partition coefficient (Wildman–Crippen LogP) is 9.46. The van der Waals surface area contributed by atoms with Gasteiger partial charge in [0.25, 0.3) is 5.90 Å². The summed E-state index contributed by atoms with van der Waals surface area (Å²) < 4.78 is 283. The van der Waals surface area contributed by atoms with E-state index >= 15 is 13.2 Å². The Kier molecular flexibility index (Phi) is 9.28. The van der Waals surface area contributed by atoms with Crippen molar-refractivity contribution in [1.29, 1.82) is 0 Å². The highest BCUT2D eigenvalue weighted by molar-refractivity contribution is 5.95. The SMILES string of the molecule is FC1=C(Oc2c(F)c(F)c(F)c(F)c2F)C(F)(Oc2c(F)c(F)c(F)c(F)c2F)C(Oc2c(F)c(F)c(F)c(F)c2F)=C(F)C12ON=C(c1ccccc1)O2. The first kappa shape index (κ1) is 38.5. The third-order valence-corrected chi connectivity index (χ3v) is 7.24. The fourth-order valence-electron chi connectivity index (χ4n) is 4.60. The topological polar surface area (TPSA) is 58.5 Å². The van der Waals surface area contributed by atoms with Crippen molar-refractivity contribution in [3.63, 3.8) is 0 Å². The molecule has 0 saturated carbocycles. The van der Waals surface area contributed by atoms with Crippen molar-refractivity contribution in [3.05, 3.63) is 146 Å². The van der Waals surface area contributed by atoms with Gasteiger partial charge in [-0.3, -0.25) is 0 Å². The lowest BCUT2D eigenvalue weighted by Crippen LogP contribution is -2.51. The summed E-state index contributed by atoms with van der Waals surface area (Å²) in [6.07, 6.45) is 0. The van der Waals surface area contributed by atoms with Gasteiger partial charge in [0.05, 0.1) is 0 Å². The second-order valence-corrected chi connectivity index (χ2v) is 10.5. The molecule has 4 aromatic carbocycles. The number of oxime groups is 1. The highest BCUT2D eigenvalue weighted by Gasteiger charge is 2.68. The zero-order valence-corrected chi connectivity index (χ0v) is 25.2. The van der Waals surface area contributed by atoms with Gasteiger partial charge in [-0.1, -0.05) is 18.2 Å². The molecule has 290 valence electrons. The van der Waals surface area contributed by atoms with Crippen LogP contribution in [0.4, 0.5) is 79.0 Å². The van der Waals surface area contributed by atoms with Crippen molar-refractivity contribution in [1.82, 2.24) is 0 Å². The Morgan fingerprint density at radius 2 is 0.764 bits per heavy atom. The number of alkyl halides is 1. The van der Waals surface area contributed by atoms with E-state index in [4.69, 9.17) is 4.74 Å². The maximum absolute atomic E-state index is 17.4. The molecule has 0 fully saturated rings. The zero-order chi connectivity index (χ0) is 40.6. The molecule has 1 aliphatic heterocycles. The molecule has 2 aliphatic rings. The van der Waals surface area contributed by atoms with Crippen molar-refractivity contribution in [2.75, 3.05) is 0 Å². The quantitative estimate of drug-likeness (QED) is 0.106. The summed E-state index contributed by atoms with van der Waals surface area (Å²) in [4.78, 5) is 4.52. The van der Waals surface area contributed by atoms with Gasteiger partial charge < -0.3 is 23.8 Å². The lowest BCUT2D eigenvalue weighted by Gasteiger charge is -2.37. The van der Waals surface area contributed by atoms with Gasteiger partial charge in [0.15, 0.2) is 0 Å². The Balaban J connectivity index is 1.70. The number of halogens is 18. The molecule has 1 heterocycles. The largest absolute Gasteiger partial charge is 0.444 e. The Morgan fingerprint density at radius 1 is 0.436 bits per heavy atom. The van der Waals surface area contributed by atoms with Crippen LogP contribution in [-0.2, 0) is 9.57 Å². The minimum Gasteiger partial charge on any atom is -0.444 e. The average Bonchev–Trinajstić information content (AvgIpc) is 3.64. The fraction of sp³-hybridized carbons (Fsp3) is 0.0645. The molecular weight excluding hydrogens is 808 g/mol. The van der Waals surface area contributed by atoms with Gasteiger partial charge in [-0.15, -0.1) is 0 Å². The van der Waals surface area contributed by atoms with E-state index in [9.17, 15) is 65.9 Å². The van der Waals surface area contributed by atoms with Crippen LogP contribution in [0, 0.1) is 87.3 Å². The maximum atomic E-state index is 17.4. The second kappa shape index (κ2) is 13.3. The third kappa shape index (κ3) is 5.59. The molecule has 0 atom stereocenters. The Bertz CT molecular complexity index is 2240. The first-order valence-electron chi connectivity index (χ1n) is 13.8. The van der Waals surface area contributed by atoms with Crippen LogP contribution in [-0.4, -0.2) is 17.5 Å². The van der Waals surface area contributed by atoms with Crippen LogP contribution >= 0.6 is 0 Å². The Morgan fingerprint density at radius 3 is 1.13 bits per heavy atom. The maximum Gasteiger partial charge on any atom is 0.390 e. The van der Waals surface area contributed by atoms with Crippen molar-refractivity contribution in [2.45, 2.75) is 11.6 Å². The molecular formula is C31H5F18NO5.